The molecule has 2 heterocycles. The van der Waals surface area contributed by atoms with Crippen LogP contribution in [0.2, 0.25) is 0 Å². The molecule has 3 saturated carbocycles. The number of hydrogen-bond acceptors (Lipinski definition) is 5. The Morgan fingerprint density at radius 2 is 2.14 bits per heavy atom. The maximum Gasteiger partial charge on any atom is 0.228 e. The van der Waals surface area contributed by atoms with Crippen molar-refractivity contribution in [3.8, 4) is 17.0 Å². The van der Waals surface area contributed by atoms with E-state index in [1.807, 2.05) is 34.5 Å². The number of hydrogen-bond donors (Lipinski definition) is 0. The van der Waals surface area contributed by atoms with Crippen molar-refractivity contribution in [1.29, 1.82) is 0 Å². The number of fused-ring (bicyclic) bond motifs is 1. The summed E-state index contributed by atoms with van der Waals surface area (Å²) in [5.41, 5.74) is 1.82. The molecule has 0 spiro atoms. The first-order chi connectivity index (χ1) is 13.6. The number of aromatic nitrogens is 1. The zero-order valence-corrected chi connectivity index (χ0v) is 17.2. The summed E-state index contributed by atoms with van der Waals surface area (Å²) in [5, 5.41) is 2.98. The summed E-state index contributed by atoms with van der Waals surface area (Å²) >= 11 is 1.60. The molecule has 2 atom stereocenters. The van der Waals surface area contributed by atoms with E-state index in [9.17, 15) is 4.79 Å². The van der Waals surface area contributed by atoms with Gasteiger partial charge >= 0.3 is 0 Å². The van der Waals surface area contributed by atoms with Crippen LogP contribution >= 0.6 is 11.3 Å². The maximum absolute atomic E-state index is 13.2. The summed E-state index contributed by atoms with van der Waals surface area (Å²) < 4.78 is 11.7. The van der Waals surface area contributed by atoms with Gasteiger partial charge in [-0.2, -0.15) is 0 Å². The lowest BCUT2D eigenvalue weighted by atomic mass is 9.68. The molecule has 4 aliphatic rings. The first kappa shape index (κ1) is 18.1. The number of amides is 1. The van der Waals surface area contributed by atoms with E-state index in [2.05, 4.69) is 6.92 Å². The van der Waals surface area contributed by atoms with E-state index < -0.39 is 0 Å². The number of ether oxygens (including phenoxy) is 2. The normalized spacial score (nSPS) is 31.5. The maximum atomic E-state index is 13.2. The Labute approximate surface area is 169 Å². The number of morpholine rings is 1. The predicted molar refractivity (Wildman–Crippen MR) is 108 cm³/mol. The third-order valence-corrected chi connectivity index (χ3v) is 7.51. The second-order valence-corrected chi connectivity index (χ2v) is 9.40. The van der Waals surface area contributed by atoms with E-state index in [-0.39, 0.29) is 17.6 Å². The molecule has 1 amide bonds. The molecule has 1 saturated heterocycles. The van der Waals surface area contributed by atoms with Gasteiger partial charge in [0.1, 0.15) is 16.9 Å². The van der Waals surface area contributed by atoms with Gasteiger partial charge in [-0.25, -0.2) is 4.98 Å². The Morgan fingerprint density at radius 3 is 2.89 bits per heavy atom. The van der Waals surface area contributed by atoms with Gasteiger partial charge in [-0.05, 0) is 50.7 Å². The van der Waals surface area contributed by atoms with Crippen LogP contribution in [0.5, 0.6) is 5.75 Å². The molecular weight excluding hydrogens is 372 g/mol. The van der Waals surface area contributed by atoms with Gasteiger partial charge in [0, 0.05) is 22.9 Å². The van der Waals surface area contributed by atoms with Gasteiger partial charge in [0.2, 0.25) is 5.91 Å². The number of nitrogens with zero attached hydrogens (tertiary/aromatic N) is 2. The van der Waals surface area contributed by atoms with Crippen LogP contribution in [0.1, 0.15) is 43.7 Å². The van der Waals surface area contributed by atoms with Crippen LogP contribution in [0, 0.1) is 11.3 Å². The van der Waals surface area contributed by atoms with Crippen LogP contribution in [-0.2, 0) is 9.53 Å². The van der Waals surface area contributed by atoms with Gasteiger partial charge in [0.05, 0.1) is 25.5 Å². The first-order valence-electron chi connectivity index (χ1n) is 10.1. The largest absolute Gasteiger partial charge is 0.496 e. The monoisotopic (exact) mass is 398 g/mol. The number of carbonyl (C=O) groups is 1. The average molecular weight is 399 g/mol. The molecule has 6 heteroatoms. The van der Waals surface area contributed by atoms with Crippen molar-refractivity contribution in [3.63, 3.8) is 0 Å². The lowest BCUT2D eigenvalue weighted by Crippen LogP contribution is -2.53. The minimum atomic E-state index is -0.158. The quantitative estimate of drug-likeness (QED) is 0.771. The van der Waals surface area contributed by atoms with Crippen molar-refractivity contribution >= 4 is 17.2 Å². The van der Waals surface area contributed by atoms with Gasteiger partial charge in [-0.15, -0.1) is 11.3 Å². The number of benzene rings is 1. The zero-order chi connectivity index (χ0) is 19.3. The van der Waals surface area contributed by atoms with E-state index >= 15 is 0 Å². The van der Waals surface area contributed by atoms with Crippen molar-refractivity contribution in [2.45, 2.75) is 44.8 Å². The number of methoxy groups -OCH3 is 1. The third kappa shape index (κ3) is 2.94. The fourth-order valence-electron chi connectivity index (χ4n) is 5.22. The standard InChI is InChI=1S/C22H26N2O3S/c1-14-11-24(21(25)22-8-7-15(9-22)10-22)12-19(27-14)20-23-17(13-28-20)16-5-3-4-6-18(16)26-2/h3-6,13-15,19H,7-12H2,1-2H3. The van der Waals surface area contributed by atoms with E-state index in [0.717, 1.165) is 47.2 Å². The molecular formula is C22H26N2O3S. The molecule has 2 aromatic rings. The van der Waals surface area contributed by atoms with E-state index in [1.165, 1.54) is 6.42 Å². The third-order valence-electron chi connectivity index (χ3n) is 6.57. The molecule has 3 aliphatic carbocycles. The summed E-state index contributed by atoms with van der Waals surface area (Å²) in [6, 6.07) is 7.91. The van der Waals surface area contributed by atoms with Crippen molar-refractivity contribution in [3.05, 3.63) is 34.7 Å². The number of carbonyl (C=O) groups excluding carboxylic acids is 1. The zero-order valence-electron chi connectivity index (χ0n) is 16.4. The van der Waals surface area contributed by atoms with Crippen molar-refractivity contribution in [1.82, 2.24) is 9.88 Å². The molecule has 1 aromatic heterocycles. The summed E-state index contributed by atoms with van der Waals surface area (Å²) in [6.45, 7) is 3.35. The fourth-order valence-corrected chi connectivity index (χ4v) is 6.07. The van der Waals surface area contributed by atoms with Crippen LogP contribution in [0.4, 0.5) is 0 Å². The molecule has 2 unspecified atom stereocenters. The van der Waals surface area contributed by atoms with Crippen LogP contribution < -0.4 is 4.74 Å². The number of rotatable bonds is 4. The smallest absolute Gasteiger partial charge is 0.228 e. The molecule has 2 bridgehead atoms. The summed E-state index contributed by atoms with van der Waals surface area (Å²) in [5.74, 6) is 1.96. The van der Waals surface area contributed by atoms with Crippen LogP contribution in [0.3, 0.4) is 0 Å². The van der Waals surface area contributed by atoms with E-state index in [1.54, 1.807) is 18.4 Å². The minimum Gasteiger partial charge on any atom is -0.496 e. The molecule has 0 N–H and O–H groups in total. The minimum absolute atomic E-state index is 0.0231. The second kappa shape index (κ2) is 6.85. The lowest BCUT2D eigenvalue weighted by molar-refractivity contribution is -0.159. The average Bonchev–Trinajstić information content (AvgIpc) is 3.42. The summed E-state index contributed by atoms with van der Waals surface area (Å²) in [6.07, 6.45) is 4.35. The highest BCUT2D eigenvalue weighted by molar-refractivity contribution is 7.10. The highest BCUT2D eigenvalue weighted by Crippen LogP contribution is 2.59. The van der Waals surface area contributed by atoms with Gasteiger partial charge < -0.3 is 14.4 Å². The highest BCUT2D eigenvalue weighted by Gasteiger charge is 2.56. The Kier molecular flexibility index (Phi) is 4.43. The van der Waals surface area contributed by atoms with Gasteiger partial charge in [0.15, 0.2) is 0 Å². The topological polar surface area (TPSA) is 51.7 Å². The molecule has 28 heavy (non-hydrogen) atoms. The Morgan fingerprint density at radius 1 is 1.32 bits per heavy atom. The lowest BCUT2D eigenvalue weighted by Gasteiger charge is -2.44. The van der Waals surface area contributed by atoms with Gasteiger partial charge in [-0.1, -0.05) is 12.1 Å². The molecule has 0 radical (unpaired) electrons. The molecule has 1 aliphatic heterocycles. The van der Waals surface area contributed by atoms with E-state index in [4.69, 9.17) is 14.5 Å². The molecule has 148 valence electrons. The highest BCUT2D eigenvalue weighted by atomic mass is 32.1. The number of para-hydroxylation sites is 1. The van der Waals surface area contributed by atoms with Crippen molar-refractivity contribution in [2.24, 2.45) is 11.3 Å². The molecule has 5 nitrogen and oxygen atoms in total. The fraction of sp³-hybridized carbons (Fsp3) is 0.545. The molecule has 4 fully saturated rings. The van der Waals surface area contributed by atoms with Crippen molar-refractivity contribution in [2.75, 3.05) is 20.2 Å². The molecule has 6 rings (SSSR count). The Balaban J connectivity index is 1.36. The summed E-state index contributed by atoms with van der Waals surface area (Å²) in [4.78, 5) is 20.1. The van der Waals surface area contributed by atoms with Gasteiger partial charge in [-0.3, -0.25) is 4.79 Å². The van der Waals surface area contributed by atoms with Crippen molar-refractivity contribution < 1.29 is 14.3 Å². The molecule has 1 aromatic carbocycles. The summed E-state index contributed by atoms with van der Waals surface area (Å²) in [7, 11) is 1.68. The Bertz CT molecular complexity index is 884. The van der Waals surface area contributed by atoms with E-state index in [0.29, 0.717) is 19.0 Å². The van der Waals surface area contributed by atoms with Crippen LogP contribution in [0.15, 0.2) is 29.6 Å². The first-order valence-corrected chi connectivity index (χ1v) is 11.0. The second-order valence-electron chi connectivity index (χ2n) is 8.51. The van der Waals surface area contributed by atoms with Gasteiger partial charge in [0.25, 0.3) is 0 Å². The SMILES string of the molecule is COc1ccccc1-c1csc(C2CN(C(=O)C34CCC(C3)C4)CC(C)O2)n1. The number of thiazole rings is 1. The predicted octanol–water partition coefficient (Wildman–Crippen LogP) is 4.30. The van der Waals surface area contributed by atoms with Crippen LogP contribution in [-0.4, -0.2) is 42.1 Å². The van der Waals surface area contributed by atoms with Crippen LogP contribution in [0.25, 0.3) is 11.3 Å². The Hall–Kier alpha value is -1.92.